The van der Waals surface area contributed by atoms with Crippen LogP contribution in [0.5, 0.6) is 0 Å². The number of aromatic nitrogens is 3. The molecule has 138 valence electrons. The second kappa shape index (κ2) is 7.05. The molecule has 0 radical (unpaired) electrons. The lowest BCUT2D eigenvalue weighted by Gasteiger charge is -2.12. The number of nitriles is 1. The van der Waals surface area contributed by atoms with Gasteiger partial charge in [-0.25, -0.2) is 14.3 Å². The molecule has 0 unspecified atom stereocenters. The molecule has 0 spiro atoms. The first-order valence-electron chi connectivity index (χ1n) is 8.91. The van der Waals surface area contributed by atoms with Gasteiger partial charge in [-0.2, -0.15) is 5.26 Å². The molecule has 2 aromatic carbocycles. The summed E-state index contributed by atoms with van der Waals surface area (Å²) in [5.74, 6) is 0. The van der Waals surface area contributed by atoms with Gasteiger partial charge in [0.25, 0.3) is 0 Å². The van der Waals surface area contributed by atoms with E-state index >= 15 is 0 Å². The predicted octanol–water partition coefficient (Wildman–Crippen LogP) is 3.17. The molecule has 28 heavy (non-hydrogen) atoms. The lowest BCUT2D eigenvalue weighted by Crippen LogP contribution is -2.24. The van der Waals surface area contributed by atoms with Crippen LogP contribution in [-0.2, 0) is 6.54 Å². The summed E-state index contributed by atoms with van der Waals surface area (Å²) in [5.41, 5.74) is 4.42. The van der Waals surface area contributed by atoms with Crippen molar-refractivity contribution in [3.8, 4) is 11.8 Å². The average molecular weight is 369 g/mol. The number of anilines is 1. The van der Waals surface area contributed by atoms with Crippen LogP contribution in [0.4, 0.5) is 5.69 Å². The van der Waals surface area contributed by atoms with Gasteiger partial charge >= 0.3 is 5.69 Å². The van der Waals surface area contributed by atoms with E-state index in [1.807, 2.05) is 61.5 Å². The number of hydrogen-bond acceptors (Lipinski definition) is 4. The quantitative estimate of drug-likeness (QED) is 0.554. The number of benzene rings is 2. The molecule has 0 N–H and O–H groups in total. The molecule has 0 fully saturated rings. The monoisotopic (exact) mass is 369 g/mol. The molecule has 4 rings (SSSR count). The normalized spacial score (nSPS) is 10.8. The van der Waals surface area contributed by atoms with Gasteiger partial charge in [-0.15, -0.1) is 0 Å². The van der Waals surface area contributed by atoms with Crippen LogP contribution < -0.4 is 10.6 Å². The van der Waals surface area contributed by atoms with Gasteiger partial charge in [0, 0.05) is 26.0 Å². The summed E-state index contributed by atoms with van der Waals surface area (Å²) in [6.07, 6.45) is 1.67. The van der Waals surface area contributed by atoms with E-state index in [0.717, 1.165) is 16.8 Å². The fourth-order valence-electron chi connectivity index (χ4n) is 3.27. The average Bonchev–Trinajstić information content (AvgIpc) is 3.00. The molecular formula is C22H19N5O. The third-order valence-electron chi connectivity index (χ3n) is 4.72. The Balaban J connectivity index is 1.85. The number of fused-ring (bicyclic) bond motifs is 1. The minimum Gasteiger partial charge on any atom is -0.378 e. The summed E-state index contributed by atoms with van der Waals surface area (Å²) >= 11 is 0. The van der Waals surface area contributed by atoms with Crippen molar-refractivity contribution in [1.29, 1.82) is 5.26 Å². The summed E-state index contributed by atoms with van der Waals surface area (Å²) in [6.45, 7) is 0.444. The van der Waals surface area contributed by atoms with Crippen molar-refractivity contribution < 1.29 is 0 Å². The molecule has 0 aliphatic rings. The van der Waals surface area contributed by atoms with Crippen LogP contribution in [0, 0.1) is 11.3 Å². The zero-order valence-electron chi connectivity index (χ0n) is 15.7. The maximum absolute atomic E-state index is 13.3. The van der Waals surface area contributed by atoms with E-state index in [0.29, 0.717) is 23.4 Å². The van der Waals surface area contributed by atoms with E-state index in [1.165, 1.54) is 0 Å². The summed E-state index contributed by atoms with van der Waals surface area (Å²) in [7, 11) is 3.99. The number of pyridine rings is 1. The van der Waals surface area contributed by atoms with E-state index in [1.54, 1.807) is 33.5 Å². The predicted molar refractivity (Wildman–Crippen MR) is 110 cm³/mol. The highest BCUT2D eigenvalue weighted by atomic mass is 16.1. The standard InChI is InChI=1S/C22H19N5O/c1-25(2)18-10-8-16(9-11-18)15-26-20-7-4-12-24-21(20)27(22(26)28)19-6-3-5-17(13-19)14-23/h3-13H,15H2,1-2H3. The van der Waals surface area contributed by atoms with E-state index in [9.17, 15) is 10.1 Å². The number of nitrogens with zero attached hydrogens (tertiary/aromatic N) is 5. The molecule has 0 amide bonds. The molecule has 0 saturated heterocycles. The summed E-state index contributed by atoms with van der Waals surface area (Å²) in [4.78, 5) is 19.7. The third kappa shape index (κ3) is 3.03. The lowest BCUT2D eigenvalue weighted by atomic mass is 10.2. The Kier molecular flexibility index (Phi) is 4.42. The molecule has 0 bridgehead atoms. The van der Waals surface area contributed by atoms with E-state index in [-0.39, 0.29) is 5.69 Å². The summed E-state index contributed by atoms with van der Waals surface area (Å²) in [5, 5.41) is 9.19. The number of imidazole rings is 1. The Bertz CT molecular complexity index is 1240. The van der Waals surface area contributed by atoms with Crippen molar-refractivity contribution in [3.63, 3.8) is 0 Å². The molecule has 0 aliphatic carbocycles. The summed E-state index contributed by atoms with van der Waals surface area (Å²) in [6, 6.07) is 21.0. The Labute approximate surface area is 162 Å². The molecular weight excluding hydrogens is 350 g/mol. The van der Waals surface area contributed by atoms with E-state index < -0.39 is 0 Å². The Morgan fingerprint density at radius 2 is 1.86 bits per heavy atom. The molecule has 6 nitrogen and oxygen atoms in total. The van der Waals surface area contributed by atoms with Crippen molar-refractivity contribution in [2.75, 3.05) is 19.0 Å². The second-order valence-corrected chi connectivity index (χ2v) is 6.77. The van der Waals surface area contributed by atoms with E-state index in [4.69, 9.17) is 0 Å². The fourth-order valence-corrected chi connectivity index (χ4v) is 3.27. The molecule has 2 heterocycles. The Morgan fingerprint density at radius 1 is 1.07 bits per heavy atom. The molecule has 2 aromatic heterocycles. The SMILES string of the molecule is CN(C)c1ccc(Cn2c(=O)n(-c3cccc(C#N)c3)c3ncccc32)cc1. The smallest absolute Gasteiger partial charge is 0.335 e. The topological polar surface area (TPSA) is 66.8 Å². The molecule has 4 aromatic rings. The second-order valence-electron chi connectivity index (χ2n) is 6.77. The number of rotatable bonds is 4. The fraction of sp³-hybridized carbons (Fsp3) is 0.136. The number of hydrogen-bond donors (Lipinski definition) is 0. The maximum Gasteiger partial charge on any atom is 0.335 e. The first-order valence-corrected chi connectivity index (χ1v) is 8.91. The highest BCUT2D eigenvalue weighted by molar-refractivity contribution is 5.74. The van der Waals surface area contributed by atoms with Crippen LogP contribution in [0.3, 0.4) is 0 Å². The van der Waals surface area contributed by atoms with E-state index in [2.05, 4.69) is 11.1 Å². The van der Waals surface area contributed by atoms with Gasteiger partial charge in [0.15, 0.2) is 5.65 Å². The Morgan fingerprint density at radius 3 is 2.57 bits per heavy atom. The van der Waals surface area contributed by atoms with Gasteiger partial charge in [-0.05, 0) is 48.0 Å². The molecule has 0 aliphatic heterocycles. The van der Waals surface area contributed by atoms with Crippen molar-refractivity contribution in [2.45, 2.75) is 6.54 Å². The van der Waals surface area contributed by atoms with Crippen LogP contribution >= 0.6 is 0 Å². The van der Waals surface area contributed by atoms with Gasteiger partial charge in [0.2, 0.25) is 0 Å². The first kappa shape index (κ1) is 17.6. The minimum atomic E-state index is -0.180. The first-order chi connectivity index (χ1) is 13.6. The molecule has 6 heteroatoms. The highest BCUT2D eigenvalue weighted by Gasteiger charge is 2.16. The third-order valence-corrected chi connectivity index (χ3v) is 4.72. The lowest BCUT2D eigenvalue weighted by molar-refractivity contribution is 0.763. The molecule has 0 saturated carbocycles. The van der Waals surface area contributed by atoms with Crippen LogP contribution in [0.25, 0.3) is 16.9 Å². The maximum atomic E-state index is 13.3. The molecule has 0 atom stereocenters. The largest absolute Gasteiger partial charge is 0.378 e. The zero-order valence-corrected chi connectivity index (χ0v) is 15.7. The van der Waals surface area contributed by atoms with Crippen LogP contribution in [-0.4, -0.2) is 28.2 Å². The Hall–Kier alpha value is -3.85. The zero-order chi connectivity index (χ0) is 19.7. The van der Waals surface area contributed by atoms with Gasteiger partial charge in [-0.3, -0.25) is 4.57 Å². The van der Waals surface area contributed by atoms with Crippen LogP contribution in [0.2, 0.25) is 0 Å². The van der Waals surface area contributed by atoms with Crippen molar-refractivity contribution >= 4 is 16.9 Å². The van der Waals surface area contributed by atoms with Crippen LogP contribution in [0.15, 0.2) is 71.7 Å². The van der Waals surface area contributed by atoms with Crippen LogP contribution in [0.1, 0.15) is 11.1 Å². The van der Waals surface area contributed by atoms with Gasteiger partial charge in [0.05, 0.1) is 29.4 Å². The van der Waals surface area contributed by atoms with Crippen molar-refractivity contribution in [3.05, 3.63) is 88.5 Å². The van der Waals surface area contributed by atoms with Crippen molar-refractivity contribution in [1.82, 2.24) is 14.1 Å². The van der Waals surface area contributed by atoms with Gasteiger partial charge < -0.3 is 4.90 Å². The van der Waals surface area contributed by atoms with Crippen molar-refractivity contribution in [2.24, 2.45) is 0 Å². The van der Waals surface area contributed by atoms with Gasteiger partial charge in [-0.1, -0.05) is 18.2 Å². The summed E-state index contributed by atoms with van der Waals surface area (Å²) < 4.78 is 3.27. The minimum absolute atomic E-state index is 0.180. The van der Waals surface area contributed by atoms with Gasteiger partial charge in [0.1, 0.15) is 0 Å². The highest BCUT2D eigenvalue weighted by Crippen LogP contribution is 2.19.